The van der Waals surface area contributed by atoms with Gasteiger partial charge >= 0.3 is 0 Å². The van der Waals surface area contributed by atoms with E-state index in [-0.39, 0.29) is 5.91 Å². The minimum absolute atomic E-state index is 0.0722. The number of benzene rings is 1. The number of nitrogens with one attached hydrogen (secondary N) is 1. The molecule has 3 N–H and O–H groups in total. The second-order valence-electron chi connectivity index (χ2n) is 4.70. The zero-order chi connectivity index (χ0) is 12.3. The largest absolute Gasteiger partial charge is 0.325 e. The fraction of sp³-hybridized carbons (Fsp3) is 0.417. The van der Waals surface area contributed by atoms with Gasteiger partial charge in [0.1, 0.15) is 0 Å². The van der Waals surface area contributed by atoms with Gasteiger partial charge in [-0.15, -0.1) is 0 Å². The lowest BCUT2D eigenvalue weighted by Crippen LogP contribution is -2.36. The van der Waals surface area contributed by atoms with Crippen molar-refractivity contribution >= 4 is 27.5 Å². The Morgan fingerprint density at radius 3 is 2.62 bits per heavy atom. The number of aryl methyl sites for hydroxylation is 1. The summed E-state index contributed by atoms with van der Waals surface area (Å²) in [6, 6.07) is 5.79. The Bertz CT molecular complexity index is 396. The molecule has 3 nitrogen and oxygen atoms in total. The normalized spacial score (nSPS) is 11.3. The van der Waals surface area contributed by atoms with Crippen molar-refractivity contribution < 1.29 is 4.79 Å². The van der Waals surface area contributed by atoms with Crippen molar-refractivity contribution in [3.05, 3.63) is 28.2 Å². The summed E-state index contributed by atoms with van der Waals surface area (Å²) in [5.74, 6) is -0.0722. The first-order valence-electron chi connectivity index (χ1n) is 5.13. The van der Waals surface area contributed by atoms with Crippen LogP contribution < -0.4 is 11.1 Å². The van der Waals surface area contributed by atoms with Gasteiger partial charge in [-0.05, 0) is 54.4 Å². The summed E-state index contributed by atoms with van der Waals surface area (Å²) in [6.07, 6.45) is 0.299. The third kappa shape index (κ3) is 4.33. The van der Waals surface area contributed by atoms with Gasteiger partial charge in [0, 0.05) is 16.4 Å². The Morgan fingerprint density at radius 2 is 2.12 bits per heavy atom. The second-order valence-corrected chi connectivity index (χ2v) is 5.55. The summed E-state index contributed by atoms with van der Waals surface area (Å²) < 4.78 is 0.885. The third-order valence-electron chi connectivity index (χ3n) is 2.01. The number of amides is 1. The average molecular weight is 285 g/mol. The monoisotopic (exact) mass is 284 g/mol. The van der Waals surface area contributed by atoms with E-state index in [0.717, 1.165) is 15.7 Å². The highest BCUT2D eigenvalue weighted by Gasteiger charge is 2.16. The van der Waals surface area contributed by atoms with Crippen LogP contribution in [0.3, 0.4) is 0 Å². The zero-order valence-electron chi connectivity index (χ0n) is 9.80. The van der Waals surface area contributed by atoms with Gasteiger partial charge in [0.25, 0.3) is 0 Å². The van der Waals surface area contributed by atoms with Crippen LogP contribution in [0.2, 0.25) is 0 Å². The van der Waals surface area contributed by atoms with Crippen LogP contribution in [-0.2, 0) is 4.79 Å². The Balaban J connectivity index is 2.70. The molecule has 0 fully saturated rings. The topological polar surface area (TPSA) is 55.1 Å². The molecule has 1 amide bonds. The van der Waals surface area contributed by atoms with Crippen molar-refractivity contribution in [1.29, 1.82) is 0 Å². The van der Waals surface area contributed by atoms with Crippen LogP contribution in [0.1, 0.15) is 25.8 Å². The number of nitrogens with two attached hydrogens (primary N) is 1. The highest BCUT2D eigenvalue weighted by molar-refractivity contribution is 9.10. The maximum Gasteiger partial charge on any atom is 0.226 e. The van der Waals surface area contributed by atoms with E-state index < -0.39 is 5.54 Å². The number of carbonyl (C=O) groups is 1. The van der Waals surface area contributed by atoms with E-state index in [4.69, 9.17) is 5.73 Å². The maximum absolute atomic E-state index is 11.7. The molecule has 0 atom stereocenters. The molecule has 16 heavy (non-hydrogen) atoms. The highest BCUT2D eigenvalue weighted by atomic mass is 79.9. The molecule has 0 saturated carbocycles. The fourth-order valence-electron chi connectivity index (χ4n) is 1.33. The van der Waals surface area contributed by atoms with E-state index in [1.807, 2.05) is 39.0 Å². The average Bonchev–Trinajstić information content (AvgIpc) is 2.06. The molecule has 0 aliphatic heterocycles. The highest BCUT2D eigenvalue weighted by Crippen LogP contribution is 2.23. The molecule has 1 aromatic rings. The molecule has 0 heterocycles. The molecule has 0 radical (unpaired) electrons. The molecule has 88 valence electrons. The standard InChI is InChI=1S/C12H17BrN2O/c1-8-4-5-10(9(13)6-8)15-11(16)7-12(2,3)14/h4-6H,7,14H2,1-3H3,(H,15,16). The van der Waals surface area contributed by atoms with Crippen molar-refractivity contribution in [3.8, 4) is 0 Å². The smallest absolute Gasteiger partial charge is 0.226 e. The van der Waals surface area contributed by atoms with E-state index >= 15 is 0 Å². The van der Waals surface area contributed by atoms with Gasteiger partial charge < -0.3 is 11.1 Å². The molecule has 0 saturated heterocycles. The van der Waals surface area contributed by atoms with Crippen LogP contribution in [0.5, 0.6) is 0 Å². The third-order valence-corrected chi connectivity index (χ3v) is 2.67. The first-order chi connectivity index (χ1) is 7.28. The van der Waals surface area contributed by atoms with Crippen LogP contribution in [0.15, 0.2) is 22.7 Å². The van der Waals surface area contributed by atoms with E-state index in [1.54, 1.807) is 0 Å². The van der Waals surface area contributed by atoms with Gasteiger partial charge in [-0.2, -0.15) is 0 Å². The maximum atomic E-state index is 11.7. The Labute approximate surface area is 105 Å². The predicted octanol–water partition coefficient (Wildman–Crippen LogP) is 2.82. The number of hydrogen-bond donors (Lipinski definition) is 2. The van der Waals surface area contributed by atoms with E-state index in [9.17, 15) is 4.79 Å². The van der Waals surface area contributed by atoms with Crippen LogP contribution in [0.4, 0.5) is 5.69 Å². The van der Waals surface area contributed by atoms with Gasteiger partial charge in [0.15, 0.2) is 0 Å². The Kier molecular flexibility index (Phi) is 4.10. The van der Waals surface area contributed by atoms with Crippen LogP contribution in [0, 0.1) is 6.92 Å². The van der Waals surface area contributed by atoms with Crippen molar-refractivity contribution in [2.24, 2.45) is 5.73 Å². The summed E-state index contributed by atoms with van der Waals surface area (Å²) in [5.41, 5.74) is 7.22. The van der Waals surface area contributed by atoms with E-state index in [1.165, 1.54) is 0 Å². The molecule has 0 bridgehead atoms. The molecular formula is C12H17BrN2O. The molecule has 0 unspecified atom stereocenters. The minimum Gasteiger partial charge on any atom is -0.325 e. The first kappa shape index (κ1) is 13.2. The number of halogens is 1. The predicted molar refractivity (Wildman–Crippen MR) is 70.4 cm³/mol. The van der Waals surface area contributed by atoms with Gasteiger partial charge in [-0.1, -0.05) is 6.07 Å². The summed E-state index contributed by atoms with van der Waals surface area (Å²) in [6.45, 7) is 5.66. The lowest BCUT2D eigenvalue weighted by atomic mass is 10.0. The number of carbonyl (C=O) groups excluding carboxylic acids is 1. The lowest BCUT2D eigenvalue weighted by Gasteiger charge is -2.18. The molecule has 1 rings (SSSR count). The summed E-state index contributed by atoms with van der Waals surface area (Å²) in [4.78, 5) is 11.7. The fourth-order valence-corrected chi connectivity index (χ4v) is 1.92. The van der Waals surface area contributed by atoms with Gasteiger partial charge in [-0.25, -0.2) is 0 Å². The molecule has 0 aromatic heterocycles. The Hall–Kier alpha value is -0.870. The van der Waals surface area contributed by atoms with Crippen molar-refractivity contribution in [1.82, 2.24) is 0 Å². The van der Waals surface area contributed by atoms with Crippen LogP contribution >= 0.6 is 15.9 Å². The lowest BCUT2D eigenvalue weighted by molar-refractivity contribution is -0.117. The minimum atomic E-state index is -0.485. The van der Waals surface area contributed by atoms with Crippen LogP contribution in [0.25, 0.3) is 0 Å². The SMILES string of the molecule is Cc1ccc(NC(=O)CC(C)(C)N)c(Br)c1. The second kappa shape index (κ2) is 4.97. The zero-order valence-corrected chi connectivity index (χ0v) is 11.4. The number of anilines is 1. The first-order valence-corrected chi connectivity index (χ1v) is 5.92. The molecule has 1 aromatic carbocycles. The molecule has 0 aliphatic carbocycles. The summed E-state index contributed by atoms with van der Waals surface area (Å²) in [5, 5.41) is 2.83. The van der Waals surface area contributed by atoms with Crippen molar-refractivity contribution in [3.63, 3.8) is 0 Å². The number of rotatable bonds is 3. The van der Waals surface area contributed by atoms with Gasteiger partial charge in [0.05, 0.1) is 5.69 Å². The molecule has 0 aliphatic rings. The quantitative estimate of drug-likeness (QED) is 0.897. The van der Waals surface area contributed by atoms with Gasteiger partial charge in [-0.3, -0.25) is 4.79 Å². The van der Waals surface area contributed by atoms with Crippen LogP contribution in [-0.4, -0.2) is 11.4 Å². The summed E-state index contributed by atoms with van der Waals surface area (Å²) in [7, 11) is 0. The van der Waals surface area contributed by atoms with Crippen molar-refractivity contribution in [2.75, 3.05) is 5.32 Å². The summed E-state index contributed by atoms with van der Waals surface area (Å²) >= 11 is 3.41. The van der Waals surface area contributed by atoms with Gasteiger partial charge in [0.2, 0.25) is 5.91 Å². The Morgan fingerprint density at radius 1 is 1.50 bits per heavy atom. The van der Waals surface area contributed by atoms with E-state index in [2.05, 4.69) is 21.2 Å². The van der Waals surface area contributed by atoms with E-state index in [0.29, 0.717) is 6.42 Å². The molecular weight excluding hydrogens is 268 g/mol. The molecule has 0 spiro atoms. The van der Waals surface area contributed by atoms with Crippen molar-refractivity contribution in [2.45, 2.75) is 32.7 Å². The molecule has 4 heteroatoms. The number of hydrogen-bond acceptors (Lipinski definition) is 2.